The van der Waals surface area contributed by atoms with E-state index in [1.54, 1.807) is 7.11 Å². The lowest BCUT2D eigenvalue weighted by Crippen LogP contribution is -2.33. The van der Waals surface area contributed by atoms with Gasteiger partial charge in [0.25, 0.3) is 5.91 Å². The number of methoxy groups -OCH3 is 1. The van der Waals surface area contributed by atoms with E-state index in [4.69, 9.17) is 4.74 Å². The highest BCUT2D eigenvalue weighted by molar-refractivity contribution is 5.98. The van der Waals surface area contributed by atoms with Crippen LogP contribution in [0.2, 0.25) is 0 Å². The van der Waals surface area contributed by atoms with Crippen molar-refractivity contribution in [2.24, 2.45) is 5.92 Å². The number of likely N-dealkylation sites (tertiary alicyclic amines) is 1. The van der Waals surface area contributed by atoms with Crippen LogP contribution in [0.4, 0.5) is 0 Å². The van der Waals surface area contributed by atoms with Gasteiger partial charge in [-0.25, -0.2) is 4.98 Å². The smallest absolute Gasteiger partial charge is 0.256 e. The van der Waals surface area contributed by atoms with Crippen LogP contribution < -0.4 is 10.1 Å². The predicted octanol–water partition coefficient (Wildman–Crippen LogP) is 1.56. The van der Waals surface area contributed by atoms with Crippen molar-refractivity contribution < 1.29 is 14.3 Å². The van der Waals surface area contributed by atoms with E-state index in [-0.39, 0.29) is 17.7 Å². The number of carbonyl (C=O) groups is 2. The molecular weight excluding hydrogens is 344 g/mol. The molecule has 27 heavy (non-hydrogen) atoms. The Morgan fingerprint density at radius 2 is 2.11 bits per heavy atom. The van der Waals surface area contributed by atoms with Gasteiger partial charge in [0.2, 0.25) is 11.8 Å². The molecule has 4 rings (SSSR count). The minimum atomic E-state index is 0.0304. The molecule has 2 fully saturated rings. The fraction of sp³-hybridized carbons (Fsp3) is 0.650. The molecule has 2 aliphatic heterocycles. The lowest BCUT2D eigenvalue weighted by atomic mass is 10.1. The molecule has 0 bridgehead atoms. The second kappa shape index (κ2) is 7.46. The second-order valence-corrected chi connectivity index (χ2v) is 7.99. The number of hydrogen-bond donors (Lipinski definition) is 1. The summed E-state index contributed by atoms with van der Waals surface area (Å²) in [4.78, 5) is 34.0. The Morgan fingerprint density at radius 3 is 2.78 bits per heavy atom. The van der Waals surface area contributed by atoms with Gasteiger partial charge in [-0.3, -0.25) is 9.59 Å². The molecule has 1 atom stereocenters. The highest BCUT2D eigenvalue weighted by Gasteiger charge is 2.36. The van der Waals surface area contributed by atoms with Crippen LogP contribution in [-0.4, -0.2) is 59.9 Å². The zero-order valence-corrected chi connectivity index (χ0v) is 16.2. The maximum atomic E-state index is 12.9. The number of nitrogens with zero attached hydrogens (tertiary/aromatic N) is 3. The number of rotatable bonds is 5. The van der Waals surface area contributed by atoms with Crippen molar-refractivity contribution in [2.45, 2.75) is 51.2 Å². The van der Waals surface area contributed by atoms with Gasteiger partial charge in [0.1, 0.15) is 0 Å². The first-order valence-corrected chi connectivity index (χ1v) is 9.91. The summed E-state index contributed by atoms with van der Waals surface area (Å²) in [6.07, 6.45) is 5.42. The Labute approximate surface area is 160 Å². The number of aromatic nitrogens is 1. The number of nitrogens with one attached hydrogen (secondary N) is 1. The lowest BCUT2D eigenvalue weighted by Gasteiger charge is -2.22. The van der Waals surface area contributed by atoms with Gasteiger partial charge in [0.15, 0.2) is 0 Å². The van der Waals surface area contributed by atoms with E-state index in [0.29, 0.717) is 30.6 Å². The minimum Gasteiger partial charge on any atom is -0.481 e. The van der Waals surface area contributed by atoms with Crippen LogP contribution in [0.25, 0.3) is 0 Å². The first kappa shape index (κ1) is 18.2. The highest BCUT2D eigenvalue weighted by atomic mass is 16.5. The molecule has 3 heterocycles. The van der Waals surface area contributed by atoms with Crippen molar-refractivity contribution in [1.82, 2.24) is 20.1 Å². The molecule has 1 aromatic rings. The minimum absolute atomic E-state index is 0.0304. The molecule has 7 nitrogen and oxygen atoms in total. The molecule has 0 radical (unpaired) electrons. The molecule has 3 aliphatic rings. The van der Waals surface area contributed by atoms with Gasteiger partial charge in [-0.05, 0) is 38.9 Å². The molecule has 1 N–H and O–H groups in total. The largest absolute Gasteiger partial charge is 0.481 e. The first-order chi connectivity index (χ1) is 13.1. The zero-order valence-electron chi connectivity index (χ0n) is 16.2. The summed E-state index contributed by atoms with van der Waals surface area (Å²) >= 11 is 0. The molecule has 1 saturated carbocycles. The Balaban J connectivity index is 1.48. The molecule has 0 spiro atoms. The van der Waals surface area contributed by atoms with Crippen molar-refractivity contribution in [3.05, 3.63) is 22.9 Å². The van der Waals surface area contributed by atoms with Crippen LogP contribution in [0.15, 0.2) is 6.07 Å². The van der Waals surface area contributed by atoms with Crippen molar-refractivity contribution in [3.63, 3.8) is 0 Å². The van der Waals surface area contributed by atoms with E-state index in [1.165, 1.54) is 12.8 Å². The van der Waals surface area contributed by atoms with Gasteiger partial charge in [-0.1, -0.05) is 12.8 Å². The predicted molar refractivity (Wildman–Crippen MR) is 100 cm³/mol. The maximum Gasteiger partial charge on any atom is 0.256 e. The number of hydrogen-bond acceptors (Lipinski definition) is 5. The summed E-state index contributed by atoms with van der Waals surface area (Å²) in [5.41, 5.74) is 2.21. The monoisotopic (exact) mass is 372 g/mol. The Bertz CT molecular complexity index is 745. The van der Waals surface area contributed by atoms with Crippen LogP contribution in [0.1, 0.15) is 53.7 Å². The van der Waals surface area contributed by atoms with E-state index in [2.05, 4.69) is 15.2 Å². The molecule has 1 saturated heterocycles. The fourth-order valence-electron chi connectivity index (χ4n) is 4.56. The van der Waals surface area contributed by atoms with Crippen LogP contribution in [0.3, 0.4) is 0 Å². The van der Waals surface area contributed by atoms with Crippen molar-refractivity contribution in [1.29, 1.82) is 0 Å². The van der Waals surface area contributed by atoms with E-state index < -0.39 is 0 Å². The van der Waals surface area contributed by atoms with E-state index in [0.717, 1.165) is 43.6 Å². The maximum absolute atomic E-state index is 12.9. The number of fused-ring (bicyclic) bond motifs is 1. The fourth-order valence-corrected chi connectivity index (χ4v) is 4.56. The van der Waals surface area contributed by atoms with Crippen molar-refractivity contribution in [2.75, 3.05) is 27.2 Å². The molecule has 2 amide bonds. The van der Waals surface area contributed by atoms with Crippen molar-refractivity contribution >= 4 is 11.8 Å². The topological polar surface area (TPSA) is 74.8 Å². The molecule has 146 valence electrons. The SMILES string of the molecule is COc1nc2c(cc1CNC(=O)C1CCN(C)C1)C(=O)N(C1CCCC1)C2. The summed E-state index contributed by atoms with van der Waals surface area (Å²) < 4.78 is 5.44. The Hall–Kier alpha value is -2.15. The zero-order chi connectivity index (χ0) is 19.0. The van der Waals surface area contributed by atoms with Gasteiger partial charge < -0.3 is 19.9 Å². The van der Waals surface area contributed by atoms with Gasteiger partial charge >= 0.3 is 0 Å². The summed E-state index contributed by atoms with van der Waals surface area (Å²) in [6, 6.07) is 2.19. The van der Waals surface area contributed by atoms with Crippen LogP contribution in [0.5, 0.6) is 5.88 Å². The van der Waals surface area contributed by atoms with Gasteiger partial charge in [-0.2, -0.15) is 0 Å². The normalized spacial score (nSPS) is 23.1. The van der Waals surface area contributed by atoms with Gasteiger partial charge in [0.05, 0.1) is 30.8 Å². The number of carbonyl (C=O) groups excluding carboxylic acids is 2. The molecule has 7 heteroatoms. The molecule has 1 unspecified atom stereocenters. The number of ether oxygens (including phenoxy) is 1. The second-order valence-electron chi connectivity index (χ2n) is 7.99. The highest BCUT2D eigenvalue weighted by Crippen LogP contribution is 2.33. The van der Waals surface area contributed by atoms with Gasteiger partial charge in [0, 0.05) is 24.7 Å². The molecule has 1 aromatic heterocycles. The molecule has 1 aliphatic carbocycles. The van der Waals surface area contributed by atoms with Gasteiger partial charge in [-0.15, -0.1) is 0 Å². The Morgan fingerprint density at radius 1 is 1.33 bits per heavy atom. The van der Waals surface area contributed by atoms with Crippen LogP contribution >= 0.6 is 0 Å². The third kappa shape index (κ3) is 3.52. The summed E-state index contributed by atoms with van der Waals surface area (Å²) in [6.45, 7) is 2.64. The summed E-state index contributed by atoms with van der Waals surface area (Å²) in [7, 11) is 3.61. The first-order valence-electron chi connectivity index (χ1n) is 9.91. The third-order valence-electron chi connectivity index (χ3n) is 6.13. The number of amides is 2. The average Bonchev–Trinajstić information content (AvgIpc) is 3.40. The molecular formula is C20H28N4O3. The standard InChI is InChI=1S/C20H28N4O3/c1-23-8-7-13(11-23)18(25)21-10-14-9-16-17(22-19(14)27-2)12-24(20(16)26)15-5-3-4-6-15/h9,13,15H,3-8,10-12H2,1-2H3,(H,21,25). The van der Waals surface area contributed by atoms with E-state index >= 15 is 0 Å². The Kier molecular flexibility index (Phi) is 5.04. The van der Waals surface area contributed by atoms with Crippen LogP contribution in [0, 0.1) is 5.92 Å². The lowest BCUT2D eigenvalue weighted by molar-refractivity contribution is -0.124. The molecule has 0 aromatic carbocycles. The number of pyridine rings is 1. The summed E-state index contributed by atoms with van der Waals surface area (Å²) in [5, 5.41) is 3.00. The van der Waals surface area contributed by atoms with Crippen LogP contribution in [-0.2, 0) is 17.9 Å². The van der Waals surface area contributed by atoms with Crippen molar-refractivity contribution in [3.8, 4) is 5.88 Å². The summed E-state index contributed by atoms with van der Waals surface area (Å²) in [5.74, 6) is 0.652. The van der Waals surface area contributed by atoms with E-state index in [9.17, 15) is 9.59 Å². The van der Waals surface area contributed by atoms with E-state index in [1.807, 2.05) is 18.0 Å². The quantitative estimate of drug-likeness (QED) is 0.849. The third-order valence-corrected chi connectivity index (χ3v) is 6.13. The average molecular weight is 372 g/mol.